The Kier molecular flexibility index (Phi) is 6.24. The number of likely N-dealkylation sites (tertiary alicyclic amines) is 1. The number of methoxy groups -OCH3 is 1. The SMILES string of the molecule is COC(=O)c1ccccc1SC1=NC2N=C(N3CCC(C)(N)CC3)CCCC2N=C1. The Morgan fingerprint density at radius 3 is 2.80 bits per heavy atom. The summed E-state index contributed by atoms with van der Waals surface area (Å²) in [6.07, 6.45) is 6.59. The lowest BCUT2D eigenvalue weighted by Gasteiger charge is -2.38. The highest BCUT2D eigenvalue weighted by molar-refractivity contribution is 8.15. The van der Waals surface area contributed by atoms with Gasteiger partial charge in [-0.15, -0.1) is 0 Å². The predicted octanol–water partition coefficient (Wildman–Crippen LogP) is 3.14. The van der Waals surface area contributed by atoms with Gasteiger partial charge in [-0.05, 0) is 44.7 Å². The molecule has 4 rings (SSSR count). The van der Waals surface area contributed by atoms with Crippen molar-refractivity contribution >= 4 is 34.8 Å². The Morgan fingerprint density at radius 1 is 1.27 bits per heavy atom. The number of hydrogen-bond acceptors (Lipinski definition) is 8. The van der Waals surface area contributed by atoms with Crippen molar-refractivity contribution in [1.29, 1.82) is 0 Å². The second-order valence-electron chi connectivity index (χ2n) is 8.39. The van der Waals surface area contributed by atoms with E-state index < -0.39 is 0 Å². The van der Waals surface area contributed by atoms with Gasteiger partial charge in [-0.25, -0.2) is 14.8 Å². The van der Waals surface area contributed by atoms with Crippen LogP contribution < -0.4 is 5.73 Å². The van der Waals surface area contributed by atoms with E-state index in [-0.39, 0.29) is 23.7 Å². The third kappa shape index (κ3) is 4.75. The number of rotatable bonds is 2. The van der Waals surface area contributed by atoms with Crippen LogP contribution in [-0.2, 0) is 4.74 Å². The number of benzene rings is 1. The Balaban J connectivity index is 1.53. The maximum atomic E-state index is 12.1. The van der Waals surface area contributed by atoms with Crippen molar-refractivity contribution in [2.45, 2.75) is 61.7 Å². The molecule has 0 amide bonds. The standard InChI is InChI=1S/C22H29N5O2S/c1-22(23)10-12-27(13-11-22)18-9-5-7-16-20(25-18)26-19(14-24-16)30-17-8-4-3-6-15(17)21(28)29-2/h3-4,6,8,14,16,20H,5,7,9-13,23H2,1-2H3. The monoisotopic (exact) mass is 427 g/mol. The number of amidine groups is 1. The Labute approximate surface area is 181 Å². The molecule has 2 N–H and O–H groups in total. The zero-order valence-corrected chi connectivity index (χ0v) is 18.4. The van der Waals surface area contributed by atoms with Crippen molar-refractivity contribution in [2.75, 3.05) is 20.2 Å². The summed E-state index contributed by atoms with van der Waals surface area (Å²) >= 11 is 1.43. The molecule has 0 saturated carbocycles. The summed E-state index contributed by atoms with van der Waals surface area (Å²) in [5, 5.41) is 0.769. The van der Waals surface area contributed by atoms with Gasteiger partial charge in [0.25, 0.3) is 0 Å². The molecule has 30 heavy (non-hydrogen) atoms. The molecular formula is C22H29N5O2S. The zero-order chi connectivity index (χ0) is 21.1. The highest BCUT2D eigenvalue weighted by Gasteiger charge is 2.31. The van der Waals surface area contributed by atoms with Gasteiger partial charge in [0.2, 0.25) is 0 Å². The molecule has 0 aliphatic carbocycles. The maximum Gasteiger partial charge on any atom is 0.339 e. The fourth-order valence-corrected chi connectivity index (χ4v) is 4.93. The third-order valence-corrected chi connectivity index (χ3v) is 6.94. The van der Waals surface area contributed by atoms with Gasteiger partial charge in [-0.2, -0.15) is 0 Å². The van der Waals surface area contributed by atoms with Gasteiger partial charge in [-0.1, -0.05) is 23.9 Å². The number of nitrogens with zero attached hydrogens (tertiary/aromatic N) is 4. The van der Waals surface area contributed by atoms with E-state index in [2.05, 4.69) is 11.8 Å². The molecule has 1 aromatic carbocycles. The van der Waals surface area contributed by atoms with Crippen molar-refractivity contribution in [2.24, 2.45) is 20.7 Å². The average molecular weight is 428 g/mol. The number of aliphatic imine (C=N–C) groups is 3. The Morgan fingerprint density at radius 2 is 2.03 bits per heavy atom. The van der Waals surface area contributed by atoms with E-state index >= 15 is 0 Å². The first-order valence-electron chi connectivity index (χ1n) is 10.5. The van der Waals surface area contributed by atoms with Crippen molar-refractivity contribution in [3.05, 3.63) is 29.8 Å². The van der Waals surface area contributed by atoms with Crippen LogP contribution in [0, 0.1) is 0 Å². The first-order valence-corrected chi connectivity index (χ1v) is 11.3. The van der Waals surface area contributed by atoms with E-state index in [0.717, 1.165) is 61.0 Å². The summed E-state index contributed by atoms with van der Waals surface area (Å²) in [6.45, 7) is 4.03. The number of carbonyl (C=O) groups excluding carboxylic acids is 1. The number of thioether (sulfide) groups is 1. The molecule has 8 heteroatoms. The van der Waals surface area contributed by atoms with Crippen molar-refractivity contribution in [1.82, 2.24) is 4.90 Å². The molecule has 0 bridgehead atoms. The van der Waals surface area contributed by atoms with Gasteiger partial charge >= 0.3 is 5.97 Å². The minimum Gasteiger partial charge on any atom is -0.465 e. The summed E-state index contributed by atoms with van der Waals surface area (Å²) in [5.74, 6) is 0.786. The topological polar surface area (TPSA) is 92.6 Å². The molecule has 1 fully saturated rings. The van der Waals surface area contributed by atoms with Crippen LogP contribution in [0.25, 0.3) is 0 Å². The van der Waals surface area contributed by atoms with E-state index in [1.54, 1.807) is 6.07 Å². The number of ether oxygens (including phenoxy) is 1. The largest absolute Gasteiger partial charge is 0.465 e. The van der Waals surface area contributed by atoms with Crippen LogP contribution >= 0.6 is 11.8 Å². The Hall–Kier alpha value is -2.19. The lowest BCUT2D eigenvalue weighted by molar-refractivity contribution is 0.0597. The highest BCUT2D eigenvalue weighted by atomic mass is 32.2. The van der Waals surface area contributed by atoms with E-state index in [4.69, 9.17) is 25.4 Å². The number of carbonyl (C=O) groups is 1. The number of nitrogens with two attached hydrogens (primary N) is 1. The van der Waals surface area contributed by atoms with Crippen molar-refractivity contribution in [3.8, 4) is 0 Å². The molecule has 2 atom stereocenters. The average Bonchev–Trinajstić information content (AvgIpc) is 2.95. The summed E-state index contributed by atoms with van der Waals surface area (Å²) in [5.41, 5.74) is 6.76. The second kappa shape index (κ2) is 8.89. The van der Waals surface area contributed by atoms with E-state index in [1.165, 1.54) is 18.9 Å². The number of fused-ring (bicyclic) bond motifs is 1. The predicted molar refractivity (Wildman–Crippen MR) is 122 cm³/mol. The maximum absolute atomic E-state index is 12.1. The van der Waals surface area contributed by atoms with Gasteiger partial charge in [0.15, 0.2) is 6.17 Å². The van der Waals surface area contributed by atoms with E-state index in [9.17, 15) is 4.79 Å². The fraction of sp³-hybridized carbons (Fsp3) is 0.545. The highest BCUT2D eigenvalue weighted by Crippen LogP contribution is 2.29. The number of hydrogen-bond donors (Lipinski definition) is 1. The summed E-state index contributed by atoms with van der Waals surface area (Å²) in [7, 11) is 1.39. The first kappa shape index (κ1) is 21.1. The van der Waals surface area contributed by atoms with Crippen LogP contribution in [0.4, 0.5) is 0 Å². The summed E-state index contributed by atoms with van der Waals surface area (Å²) in [4.78, 5) is 29.9. The molecule has 7 nitrogen and oxygen atoms in total. The minimum absolute atomic E-state index is 0.0750. The van der Waals surface area contributed by atoms with E-state index in [1.807, 2.05) is 24.4 Å². The van der Waals surface area contributed by atoms with Gasteiger partial charge in [0, 0.05) is 29.9 Å². The number of esters is 1. The molecule has 160 valence electrons. The van der Waals surface area contributed by atoms with Gasteiger partial charge < -0.3 is 15.4 Å². The Bertz CT molecular complexity index is 885. The zero-order valence-electron chi connectivity index (χ0n) is 17.6. The summed E-state index contributed by atoms with van der Waals surface area (Å²) in [6, 6.07) is 7.49. The molecular weight excluding hydrogens is 398 g/mol. The molecule has 3 aliphatic heterocycles. The van der Waals surface area contributed by atoms with Crippen LogP contribution in [0.2, 0.25) is 0 Å². The lowest BCUT2D eigenvalue weighted by Crippen LogP contribution is -2.50. The quantitative estimate of drug-likeness (QED) is 0.732. The van der Waals surface area contributed by atoms with Gasteiger partial charge in [0.1, 0.15) is 10.9 Å². The molecule has 3 heterocycles. The smallest absolute Gasteiger partial charge is 0.339 e. The first-order chi connectivity index (χ1) is 14.4. The van der Waals surface area contributed by atoms with Crippen molar-refractivity contribution in [3.63, 3.8) is 0 Å². The molecule has 0 radical (unpaired) electrons. The molecule has 2 unspecified atom stereocenters. The van der Waals surface area contributed by atoms with E-state index in [0.29, 0.717) is 5.56 Å². The molecule has 1 saturated heterocycles. The third-order valence-electron chi connectivity index (χ3n) is 5.94. The minimum atomic E-state index is -0.351. The lowest BCUT2D eigenvalue weighted by atomic mass is 9.91. The fourth-order valence-electron chi connectivity index (χ4n) is 4.03. The van der Waals surface area contributed by atoms with Crippen LogP contribution in [0.3, 0.4) is 0 Å². The van der Waals surface area contributed by atoms with Crippen LogP contribution in [0.1, 0.15) is 49.4 Å². The van der Waals surface area contributed by atoms with Crippen molar-refractivity contribution < 1.29 is 9.53 Å². The summed E-state index contributed by atoms with van der Waals surface area (Å²) < 4.78 is 4.90. The molecule has 1 aromatic rings. The second-order valence-corrected chi connectivity index (χ2v) is 9.46. The van der Waals surface area contributed by atoms with Crippen LogP contribution in [0.5, 0.6) is 0 Å². The van der Waals surface area contributed by atoms with Gasteiger partial charge in [0.05, 0.1) is 24.9 Å². The molecule has 0 spiro atoms. The number of piperidine rings is 1. The molecule has 3 aliphatic rings. The van der Waals surface area contributed by atoms with Crippen LogP contribution in [0.15, 0.2) is 44.1 Å². The normalized spacial score (nSPS) is 25.6. The van der Waals surface area contributed by atoms with Crippen LogP contribution in [-0.4, -0.2) is 65.9 Å². The van der Waals surface area contributed by atoms with Gasteiger partial charge in [-0.3, -0.25) is 4.99 Å². The molecule has 0 aromatic heterocycles.